The van der Waals surface area contributed by atoms with E-state index < -0.39 is 34.1 Å². The summed E-state index contributed by atoms with van der Waals surface area (Å²) < 4.78 is 40.4. The molecule has 230 valence electrons. The molecule has 2 aromatic carbocycles. The molecule has 0 aliphatic carbocycles. The number of nitrogens with two attached hydrogens (primary N) is 1. The van der Waals surface area contributed by atoms with E-state index in [-0.39, 0.29) is 23.6 Å². The molecule has 0 bridgehead atoms. The summed E-state index contributed by atoms with van der Waals surface area (Å²) in [5, 5.41) is 19.6. The number of piperidine rings is 2. The highest BCUT2D eigenvalue weighted by atomic mass is 19.4. The zero-order valence-corrected chi connectivity index (χ0v) is 24.8. The van der Waals surface area contributed by atoms with Gasteiger partial charge in [-0.3, -0.25) is 9.44 Å². The maximum atomic E-state index is 13.8. The summed E-state index contributed by atoms with van der Waals surface area (Å²) in [5.74, 6) is -1.80. The summed E-state index contributed by atoms with van der Waals surface area (Å²) in [6.45, 7) is 5.45. The minimum absolute atomic E-state index is 0.00548. The number of rotatable bonds is 8. The molecule has 0 aromatic heterocycles. The van der Waals surface area contributed by atoms with Gasteiger partial charge < -0.3 is 26.5 Å². The first-order valence-corrected chi connectivity index (χ1v) is 14.7. The molecule has 4 rings (SSSR count). The predicted molar refractivity (Wildman–Crippen MR) is 158 cm³/mol. The number of nitrogens with zero attached hydrogens (tertiary/aromatic N) is 2. The van der Waals surface area contributed by atoms with E-state index in [1.54, 1.807) is 18.2 Å². The fourth-order valence-corrected chi connectivity index (χ4v) is 6.50. The van der Waals surface area contributed by atoms with Gasteiger partial charge in [0.05, 0.1) is 18.7 Å². The number of quaternary nitrogens is 1. The maximum Gasteiger partial charge on any atom is 0.416 e. The lowest BCUT2D eigenvalue weighted by Crippen LogP contribution is -2.61. The van der Waals surface area contributed by atoms with E-state index >= 15 is 0 Å². The van der Waals surface area contributed by atoms with E-state index in [2.05, 4.69) is 10.6 Å². The lowest BCUT2D eigenvalue weighted by Gasteiger charge is -2.52. The van der Waals surface area contributed by atoms with Crippen LogP contribution >= 0.6 is 0 Å². The van der Waals surface area contributed by atoms with Crippen LogP contribution in [0.15, 0.2) is 36.4 Å². The molecule has 2 aliphatic heterocycles. The standard InChI is InChI=1S/C31H42F3N5O3/c1-5-6-28-21(18-36-3)15-27(30(41)39(28,4)42)26-17-24(8-7-19(26)2)37-29(40)20-13-22(31(32,33)34)16-25(14-20)38-11-9-23(35)10-12-38/h7-8,13-14,16-17,21,23,27-28,36H,5-6,9-12,15,18,35H2,1-4H3,(H,37,40). The number of likely N-dealkylation sites (N-methyl/N-ethyl adjacent to an activating group) is 1. The second kappa shape index (κ2) is 12.7. The Bertz CT molecular complexity index is 1290. The van der Waals surface area contributed by atoms with Crippen LogP contribution in [0.25, 0.3) is 0 Å². The smallest absolute Gasteiger partial charge is 0.416 e. The van der Waals surface area contributed by atoms with Crippen LogP contribution in [0, 0.1) is 18.0 Å². The molecule has 2 aromatic rings. The van der Waals surface area contributed by atoms with Gasteiger partial charge >= 0.3 is 12.1 Å². The van der Waals surface area contributed by atoms with Crippen molar-refractivity contribution in [1.82, 2.24) is 5.32 Å². The van der Waals surface area contributed by atoms with Gasteiger partial charge in [-0.25, -0.2) is 4.79 Å². The average Bonchev–Trinajstić information content (AvgIpc) is 2.94. The van der Waals surface area contributed by atoms with E-state index in [1.165, 1.54) is 13.1 Å². The average molecular weight is 590 g/mol. The normalized spacial score (nSPS) is 25.5. The molecule has 2 amide bonds. The Morgan fingerprint density at radius 1 is 1.17 bits per heavy atom. The van der Waals surface area contributed by atoms with E-state index in [1.807, 2.05) is 25.8 Å². The van der Waals surface area contributed by atoms with Gasteiger partial charge in [-0.1, -0.05) is 19.4 Å². The van der Waals surface area contributed by atoms with Crippen molar-refractivity contribution in [2.45, 2.75) is 70.1 Å². The first-order valence-electron chi connectivity index (χ1n) is 14.7. The number of alkyl halides is 3. The topological polar surface area (TPSA) is 111 Å². The Labute approximate surface area is 245 Å². The second-order valence-electron chi connectivity index (χ2n) is 11.9. The summed E-state index contributed by atoms with van der Waals surface area (Å²) in [7, 11) is 3.25. The van der Waals surface area contributed by atoms with Crippen molar-refractivity contribution in [1.29, 1.82) is 0 Å². The number of likely N-dealkylation sites (tertiary alicyclic amines) is 1. The molecular weight excluding hydrogens is 547 g/mol. The molecule has 0 spiro atoms. The van der Waals surface area contributed by atoms with Crippen molar-refractivity contribution in [3.05, 3.63) is 63.9 Å². The quantitative estimate of drug-likeness (QED) is 0.290. The number of aryl methyl sites for hydroxylation is 1. The zero-order chi connectivity index (χ0) is 30.8. The number of halogens is 3. The zero-order valence-electron chi connectivity index (χ0n) is 24.8. The fraction of sp³-hybridized carbons (Fsp3) is 0.548. The molecule has 2 aliphatic rings. The van der Waals surface area contributed by atoms with Crippen LogP contribution in [0.5, 0.6) is 0 Å². The highest BCUT2D eigenvalue weighted by molar-refractivity contribution is 6.05. The largest absolute Gasteiger partial charge is 0.625 e. The number of amides is 2. The Hall–Kier alpha value is -2.99. The van der Waals surface area contributed by atoms with E-state index in [4.69, 9.17) is 5.73 Å². The Balaban J connectivity index is 1.63. The molecule has 0 radical (unpaired) electrons. The molecule has 0 saturated carbocycles. The van der Waals surface area contributed by atoms with Crippen molar-refractivity contribution in [2.24, 2.45) is 11.7 Å². The van der Waals surface area contributed by atoms with Gasteiger partial charge in [0.2, 0.25) is 0 Å². The first kappa shape index (κ1) is 31.9. The number of hydrogen-bond donors (Lipinski definition) is 3. The van der Waals surface area contributed by atoms with E-state index in [0.29, 0.717) is 62.3 Å². The van der Waals surface area contributed by atoms with Crippen molar-refractivity contribution < 1.29 is 27.4 Å². The van der Waals surface area contributed by atoms with Gasteiger partial charge in [-0.15, -0.1) is 0 Å². The number of hydrogen-bond acceptors (Lipinski definition) is 6. The van der Waals surface area contributed by atoms with Crippen molar-refractivity contribution in [3.8, 4) is 0 Å². The molecule has 2 fully saturated rings. The number of anilines is 2. The Kier molecular flexibility index (Phi) is 9.66. The molecule has 2 heterocycles. The van der Waals surface area contributed by atoms with Crippen LogP contribution in [0.4, 0.5) is 24.5 Å². The third-order valence-corrected chi connectivity index (χ3v) is 8.83. The van der Waals surface area contributed by atoms with E-state index in [0.717, 1.165) is 24.1 Å². The van der Waals surface area contributed by atoms with Gasteiger partial charge in [0.1, 0.15) is 5.92 Å². The molecule has 2 saturated heterocycles. The Morgan fingerprint density at radius 2 is 1.86 bits per heavy atom. The predicted octanol–water partition coefficient (Wildman–Crippen LogP) is 5.16. The van der Waals surface area contributed by atoms with Crippen molar-refractivity contribution in [3.63, 3.8) is 0 Å². The number of nitrogens with one attached hydrogen (secondary N) is 2. The summed E-state index contributed by atoms with van der Waals surface area (Å²) in [5.41, 5.74) is 7.06. The van der Waals surface area contributed by atoms with Gasteiger partial charge in [0.25, 0.3) is 5.91 Å². The number of hydroxylamine groups is 3. The fourth-order valence-electron chi connectivity index (χ4n) is 6.50. The van der Waals surface area contributed by atoms with Crippen LogP contribution in [-0.4, -0.2) is 62.3 Å². The lowest BCUT2D eigenvalue weighted by atomic mass is 9.76. The molecular formula is C31H42F3N5O3. The van der Waals surface area contributed by atoms with Crippen LogP contribution in [0.1, 0.15) is 72.0 Å². The third-order valence-electron chi connectivity index (χ3n) is 8.83. The first-order chi connectivity index (χ1) is 19.8. The van der Waals surface area contributed by atoms with Gasteiger partial charge in [0, 0.05) is 55.0 Å². The lowest BCUT2D eigenvalue weighted by molar-refractivity contribution is -0.821. The van der Waals surface area contributed by atoms with Crippen LogP contribution in [0.3, 0.4) is 0 Å². The molecule has 8 nitrogen and oxygen atoms in total. The molecule has 4 N–H and O–H groups in total. The van der Waals surface area contributed by atoms with Crippen molar-refractivity contribution >= 4 is 23.2 Å². The van der Waals surface area contributed by atoms with Gasteiger partial charge in [0.15, 0.2) is 0 Å². The van der Waals surface area contributed by atoms with E-state index in [9.17, 15) is 28.0 Å². The number of benzene rings is 2. The molecule has 11 heteroatoms. The minimum atomic E-state index is -4.63. The van der Waals surface area contributed by atoms with Crippen molar-refractivity contribution in [2.75, 3.05) is 43.9 Å². The van der Waals surface area contributed by atoms with Crippen LogP contribution < -0.4 is 21.3 Å². The number of carbonyl (C=O) groups is 2. The summed E-state index contributed by atoms with van der Waals surface area (Å²) >= 11 is 0. The maximum absolute atomic E-state index is 13.8. The highest BCUT2D eigenvalue weighted by Crippen LogP contribution is 2.41. The number of carbonyl (C=O) groups excluding carboxylic acids is 2. The summed E-state index contributed by atoms with van der Waals surface area (Å²) in [6, 6.07) is 8.13. The molecule has 4 atom stereocenters. The monoisotopic (exact) mass is 589 g/mol. The minimum Gasteiger partial charge on any atom is -0.625 e. The third kappa shape index (κ3) is 6.80. The summed E-state index contributed by atoms with van der Waals surface area (Å²) in [4.78, 5) is 28.7. The Morgan fingerprint density at radius 3 is 2.48 bits per heavy atom. The van der Waals surface area contributed by atoms with Crippen LogP contribution in [-0.2, 0) is 11.0 Å². The molecule has 42 heavy (non-hydrogen) atoms. The SMILES string of the molecule is CCCC1C(CNC)CC(c2cc(NC(=O)c3cc(N4CCC(N)CC4)cc(C(F)(F)F)c3)ccc2C)C(=O)[N+]1(C)[O-]. The second-order valence-corrected chi connectivity index (χ2v) is 11.9. The van der Waals surface area contributed by atoms with Gasteiger partial charge in [-0.2, -0.15) is 13.2 Å². The van der Waals surface area contributed by atoms with Crippen LogP contribution in [0.2, 0.25) is 0 Å². The highest BCUT2D eigenvalue weighted by Gasteiger charge is 2.48. The van der Waals surface area contributed by atoms with Gasteiger partial charge in [-0.05, 0) is 74.7 Å². The molecule has 4 unspecified atom stereocenters. The summed E-state index contributed by atoms with van der Waals surface area (Å²) in [6.07, 6.45) is -1.39.